The smallest absolute Gasteiger partial charge is 0.137 e. The molecule has 1 aromatic rings. The van der Waals surface area contributed by atoms with Crippen LogP contribution in [0.4, 0.5) is 4.39 Å². The second-order valence-electron chi connectivity index (χ2n) is 5.16. The lowest BCUT2D eigenvalue weighted by Gasteiger charge is -2.21. The first-order valence-electron chi connectivity index (χ1n) is 6.85. The molecule has 0 saturated heterocycles. The van der Waals surface area contributed by atoms with Crippen LogP contribution < -0.4 is 5.32 Å². The third kappa shape index (κ3) is 6.02. The van der Waals surface area contributed by atoms with Crippen LogP contribution in [0.5, 0.6) is 0 Å². The predicted octanol–water partition coefficient (Wildman–Crippen LogP) is 3.45. The summed E-state index contributed by atoms with van der Waals surface area (Å²) >= 11 is 3.34. The largest absolute Gasteiger partial charge is 0.314 e. The molecule has 0 aliphatic carbocycles. The predicted molar refractivity (Wildman–Crippen MR) is 83.1 cm³/mol. The number of hydrogen-bond donors (Lipinski definition) is 1. The average Bonchev–Trinajstić information content (AvgIpc) is 2.37. The Labute approximate surface area is 124 Å². The lowest BCUT2D eigenvalue weighted by atomic mass is 10.0. The molecule has 0 saturated carbocycles. The summed E-state index contributed by atoms with van der Waals surface area (Å²) in [5.41, 5.74) is 1.03. The fourth-order valence-electron chi connectivity index (χ4n) is 2.01. The van der Waals surface area contributed by atoms with Gasteiger partial charge >= 0.3 is 0 Å². The summed E-state index contributed by atoms with van der Waals surface area (Å²) in [5.74, 6) is -0.181. The Bertz CT molecular complexity index is 382. The SMILES string of the molecule is CCCNC(CCN(C)C)Cc1cccc(F)c1Br. The summed E-state index contributed by atoms with van der Waals surface area (Å²) in [4.78, 5) is 2.18. The van der Waals surface area contributed by atoms with Crippen molar-refractivity contribution in [1.29, 1.82) is 0 Å². The van der Waals surface area contributed by atoms with Crippen LogP contribution in [0, 0.1) is 5.82 Å². The molecule has 1 N–H and O–H groups in total. The molecule has 2 nitrogen and oxygen atoms in total. The highest BCUT2D eigenvalue weighted by atomic mass is 79.9. The van der Waals surface area contributed by atoms with Crippen molar-refractivity contribution < 1.29 is 4.39 Å². The van der Waals surface area contributed by atoms with Crippen LogP contribution in [0.3, 0.4) is 0 Å². The van der Waals surface area contributed by atoms with Gasteiger partial charge in [-0.2, -0.15) is 0 Å². The third-order valence-electron chi connectivity index (χ3n) is 3.11. The maximum atomic E-state index is 13.5. The van der Waals surface area contributed by atoms with E-state index in [0.717, 1.165) is 37.9 Å². The van der Waals surface area contributed by atoms with Gasteiger partial charge in [-0.25, -0.2) is 4.39 Å². The van der Waals surface area contributed by atoms with Gasteiger partial charge in [0.15, 0.2) is 0 Å². The Kier molecular flexibility index (Phi) is 7.57. The number of halogens is 2. The van der Waals surface area contributed by atoms with Crippen molar-refractivity contribution in [2.24, 2.45) is 0 Å². The minimum absolute atomic E-state index is 0.181. The number of rotatable bonds is 8. The van der Waals surface area contributed by atoms with Crippen molar-refractivity contribution in [3.63, 3.8) is 0 Å². The Morgan fingerprint density at radius 3 is 2.74 bits per heavy atom. The van der Waals surface area contributed by atoms with E-state index in [-0.39, 0.29) is 5.82 Å². The van der Waals surface area contributed by atoms with Crippen molar-refractivity contribution in [3.05, 3.63) is 34.1 Å². The molecule has 0 aromatic heterocycles. The number of hydrogen-bond acceptors (Lipinski definition) is 2. The van der Waals surface area contributed by atoms with Crippen LogP contribution in [0.15, 0.2) is 22.7 Å². The van der Waals surface area contributed by atoms with Gasteiger partial charge in [-0.1, -0.05) is 19.1 Å². The molecule has 0 heterocycles. The van der Waals surface area contributed by atoms with E-state index in [4.69, 9.17) is 0 Å². The normalized spacial score (nSPS) is 12.9. The highest BCUT2D eigenvalue weighted by molar-refractivity contribution is 9.10. The lowest BCUT2D eigenvalue weighted by molar-refractivity contribution is 0.356. The fraction of sp³-hybridized carbons (Fsp3) is 0.600. The minimum Gasteiger partial charge on any atom is -0.314 e. The quantitative estimate of drug-likeness (QED) is 0.785. The minimum atomic E-state index is -0.181. The summed E-state index contributed by atoms with van der Waals surface area (Å²) < 4.78 is 14.1. The summed E-state index contributed by atoms with van der Waals surface area (Å²) in [5, 5.41) is 3.55. The first kappa shape index (κ1) is 16.6. The van der Waals surface area contributed by atoms with Gasteiger partial charge in [0.1, 0.15) is 5.82 Å². The van der Waals surface area contributed by atoms with Crippen LogP contribution in [-0.4, -0.2) is 38.1 Å². The maximum Gasteiger partial charge on any atom is 0.137 e. The Morgan fingerprint density at radius 1 is 1.37 bits per heavy atom. The summed E-state index contributed by atoms with van der Waals surface area (Å²) in [6.45, 7) is 4.20. The van der Waals surface area contributed by atoms with Crippen molar-refractivity contribution in [3.8, 4) is 0 Å². The molecule has 1 atom stereocenters. The van der Waals surface area contributed by atoms with Crippen molar-refractivity contribution >= 4 is 15.9 Å². The lowest BCUT2D eigenvalue weighted by Crippen LogP contribution is -2.34. The molecule has 0 aliphatic rings. The van der Waals surface area contributed by atoms with Gasteiger partial charge < -0.3 is 10.2 Å². The van der Waals surface area contributed by atoms with E-state index in [1.807, 2.05) is 6.07 Å². The van der Waals surface area contributed by atoms with E-state index in [1.165, 1.54) is 6.07 Å². The van der Waals surface area contributed by atoms with E-state index in [0.29, 0.717) is 10.5 Å². The van der Waals surface area contributed by atoms with Crippen LogP contribution >= 0.6 is 15.9 Å². The zero-order chi connectivity index (χ0) is 14.3. The monoisotopic (exact) mass is 330 g/mol. The van der Waals surface area contributed by atoms with Gasteiger partial charge in [-0.3, -0.25) is 0 Å². The topological polar surface area (TPSA) is 15.3 Å². The fourth-order valence-corrected chi connectivity index (χ4v) is 2.44. The zero-order valence-corrected chi connectivity index (χ0v) is 13.6. The standard InChI is InChI=1S/C15H24BrFN2/c1-4-9-18-13(8-10-19(2)3)11-12-6-5-7-14(17)15(12)16/h5-7,13,18H,4,8-11H2,1-3H3. The highest BCUT2D eigenvalue weighted by Crippen LogP contribution is 2.22. The molecule has 1 aromatic carbocycles. The van der Waals surface area contributed by atoms with E-state index < -0.39 is 0 Å². The second kappa shape index (κ2) is 8.67. The third-order valence-corrected chi connectivity index (χ3v) is 3.99. The molecule has 1 rings (SSSR count). The summed E-state index contributed by atoms with van der Waals surface area (Å²) in [6.07, 6.45) is 3.03. The molecular formula is C15H24BrFN2. The molecule has 0 aliphatic heterocycles. The summed E-state index contributed by atoms with van der Waals surface area (Å²) in [7, 11) is 4.16. The Balaban J connectivity index is 2.66. The molecule has 0 radical (unpaired) electrons. The number of benzene rings is 1. The molecule has 19 heavy (non-hydrogen) atoms. The van der Waals surface area contributed by atoms with Gasteiger partial charge in [-0.05, 0) is 74.0 Å². The Morgan fingerprint density at radius 2 is 2.11 bits per heavy atom. The van der Waals surface area contributed by atoms with Gasteiger partial charge in [0.2, 0.25) is 0 Å². The molecule has 0 spiro atoms. The van der Waals surface area contributed by atoms with Crippen molar-refractivity contribution in [1.82, 2.24) is 10.2 Å². The van der Waals surface area contributed by atoms with E-state index in [1.54, 1.807) is 6.07 Å². The first-order valence-corrected chi connectivity index (χ1v) is 7.65. The maximum absolute atomic E-state index is 13.5. The van der Waals surface area contributed by atoms with E-state index >= 15 is 0 Å². The van der Waals surface area contributed by atoms with Crippen molar-refractivity contribution in [2.75, 3.05) is 27.2 Å². The van der Waals surface area contributed by atoms with Gasteiger partial charge in [0.25, 0.3) is 0 Å². The molecule has 0 fully saturated rings. The number of nitrogens with one attached hydrogen (secondary N) is 1. The molecular weight excluding hydrogens is 307 g/mol. The average molecular weight is 331 g/mol. The highest BCUT2D eigenvalue weighted by Gasteiger charge is 2.13. The molecule has 108 valence electrons. The second-order valence-corrected chi connectivity index (χ2v) is 5.95. The van der Waals surface area contributed by atoms with E-state index in [9.17, 15) is 4.39 Å². The van der Waals surface area contributed by atoms with Gasteiger partial charge in [0.05, 0.1) is 4.47 Å². The van der Waals surface area contributed by atoms with Crippen molar-refractivity contribution in [2.45, 2.75) is 32.2 Å². The summed E-state index contributed by atoms with van der Waals surface area (Å²) in [6, 6.07) is 5.64. The van der Waals surface area contributed by atoms with Crippen LogP contribution in [-0.2, 0) is 6.42 Å². The molecule has 0 amide bonds. The van der Waals surface area contributed by atoms with Crippen LogP contribution in [0.1, 0.15) is 25.3 Å². The van der Waals surface area contributed by atoms with Crippen LogP contribution in [0.25, 0.3) is 0 Å². The van der Waals surface area contributed by atoms with E-state index in [2.05, 4.69) is 47.2 Å². The number of nitrogens with zero attached hydrogens (tertiary/aromatic N) is 1. The molecule has 4 heteroatoms. The Hall–Kier alpha value is -0.450. The first-order chi connectivity index (χ1) is 9.04. The molecule has 1 unspecified atom stereocenters. The van der Waals surface area contributed by atoms with Crippen LogP contribution in [0.2, 0.25) is 0 Å². The van der Waals surface area contributed by atoms with Gasteiger partial charge in [0, 0.05) is 6.04 Å². The van der Waals surface area contributed by atoms with Gasteiger partial charge in [-0.15, -0.1) is 0 Å². The molecule has 0 bridgehead atoms. The zero-order valence-electron chi connectivity index (χ0n) is 12.0.